The van der Waals surface area contributed by atoms with E-state index in [0.717, 1.165) is 66.7 Å². The molecule has 5 rings (SSSR count). The monoisotopic (exact) mass is 450 g/mol. The highest BCUT2D eigenvalue weighted by molar-refractivity contribution is 5.83. The van der Waals surface area contributed by atoms with E-state index in [2.05, 4.69) is 51.4 Å². The quantitative estimate of drug-likeness (QED) is 0.589. The summed E-state index contributed by atoms with van der Waals surface area (Å²) in [4.78, 5) is 18.4. The summed E-state index contributed by atoms with van der Waals surface area (Å²) in [6.07, 6.45) is 8.35. The van der Waals surface area contributed by atoms with Crippen LogP contribution in [0.2, 0.25) is 0 Å². The maximum atomic E-state index is 13.0. The fraction of sp³-hybridized carbons (Fsp3) is 0.600. The van der Waals surface area contributed by atoms with Gasteiger partial charge in [-0.25, -0.2) is 4.68 Å². The maximum Gasteiger partial charge on any atom is 0.252 e. The smallest absolute Gasteiger partial charge is 0.252 e. The van der Waals surface area contributed by atoms with Gasteiger partial charge in [0.2, 0.25) is 0 Å². The molecule has 0 spiro atoms. The molecule has 3 aromatic rings. The molecule has 0 bridgehead atoms. The van der Waals surface area contributed by atoms with Crippen molar-refractivity contribution in [3.05, 3.63) is 51.1 Å². The minimum atomic E-state index is -0.0308. The lowest BCUT2D eigenvalue weighted by molar-refractivity contribution is 0.0659. The molecule has 8 nitrogen and oxygen atoms in total. The zero-order chi connectivity index (χ0) is 22.8. The van der Waals surface area contributed by atoms with Gasteiger partial charge in [-0.05, 0) is 73.2 Å². The number of tetrazole rings is 1. The molecular formula is C25H34N6O2. The molecule has 2 fully saturated rings. The highest BCUT2D eigenvalue weighted by Crippen LogP contribution is 2.28. The van der Waals surface area contributed by atoms with Gasteiger partial charge in [0.1, 0.15) is 0 Å². The lowest BCUT2D eigenvalue weighted by Crippen LogP contribution is -2.34. The summed E-state index contributed by atoms with van der Waals surface area (Å²) >= 11 is 0. The van der Waals surface area contributed by atoms with E-state index < -0.39 is 0 Å². The Morgan fingerprint density at radius 1 is 1.09 bits per heavy atom. The number of hydrogen-bond donors (Lipinski definition) is 1. The number of benzene rings is 1. The van der Waals surface area contributed by atoms with Gasteiger partial charge in [-0.3, -0.25) is 9.69 Å². The van der Waals surface area contributed by atoms with Crippen molar-refractivity contribution in [2.75, 3.05) is 13.2 Å². The van der Waals surface area contributed by atoms with Gasteiger partial charge in [-0.1, -0.05) is 25.3 Å². The van der Waals surface area contributed by atoms with E-state index in [1.165, 1.54) is 24.8 Å². The Hall–Kier alpha value is -2.58. The molecule has 0 radical (unpaired) electrons. The van der Waals surface area contributed by atoms with Crippen LogP contribution < -0.4 is 5.56 Å². The van der Waals surface area contributed by atoms with Gasteiger partial charge in [-0.15, -0.1) is 5.10 Å². The van der Waals surface area contributed by atoms with E-state index in [-0.39, 0.29) is 11.7 Å². The Labute approximate surface area is 194 Å². The highest BCUT2D eigenvalue weighted by atomic mass is 16.5. The van der Waals surface area contributed by atoms with Crippen molar-refractivity contribution in [2.45, 2.75) is 84.0 Å². The van der Waals surface area contributed by atoms with Gasteiger partial charge in [0, 0.05) is 36.2 Å². The minimum absolute atomic E-state index is 0.0308. The van der Waals surface area contributed by atoms with E-state index >= 15 is 0 Å². The van der Waals surface area contributed by atoms with E-state index in [1.807, 2.05) is 10.7 Å². The van der Waals surface area contributed by atoms with Crippen molar-refractivity contribution in [2.24, 2.45) is 0 Å². The van der Waals surface area contributed by atoms with Gasteiger partial charge in [0.15, 0.2) is 5.82 Å². The number of aromatic amines is 1. The van der Waals surface area contributed by atoms with Crippen molar-refractivity contribution in [3.63, 3.8) is 0 Å². The van der Waals surface area contributed by atoms with Crippen LogP contribution in [0.15, 0.2) is 23.0 Å². The molecule has 1 N–H and O–H groups in total. The Morgan fingerprint density at radius 3 is 2.73 bits per heavy atom. The lowest BCUT2D eigenvalue weighted by atomic mass is 9.95. The Bertz CT molecular complexity index is 1160. The van der Waals surface area contributed by atoms with Crippen LogP contribution in [0.25, 0.3) is 10.9 Å². The number of nitrogens with zero attached hydrogens (tertiary/aromatic N) is 5. The minimum Gasteiger partial charge on any atom is -0.377 e. The number of hydrogen-bond acceptors (Lipinski definition) is 6. The zero-order valence-electron chi connectivity index (χ0n) is 19.7. The van der Waals surface area contributed by atoms with Crippen molar-refractivity contribution in [1.29, 1.82) is 0 Å². The number of H-pyrrole nitrogens is 1. The molecule has 0 amide bonds. The van der Waals surface area contributed by atoms with Crippen LogP contribution in [0.4, 0.5) is 0 Å². The first-order valence-corrected chi connectivity index (χ1v) is 12.3. The fourth-order valence-corrected chi connectivity index (χ4v) is 5.46. The highest BCUT2D eigenvalue weighted by Gasteiger charge is 2.25. The van der Waals surface area contributed by atoms with E-state index in [1.54, 1.807) is 0 Å². The normalized spacial score (nSPS) is 19.7. The number of pyridine rings is 1. The van der Waals surface area contributed by atoms with Crippen molar-refractivity contribution >= 4 is 10.9 Å². The average Bonchev–Trinajstić information content (AvgIpc) is 3.47. The van der Waals surface area contributed by atoms with Crippen LogP contribution >= 0.6 is 0 Å². The topological polar surface area (TPSA) is 88.9 Å². The molecule has 8 heteroatoms. The second-order valence-electron chi connectivity index (χ2n) is 9.80. The van der Waals surface area contributed by atoms with Crippen LogP contribution in [0.3, 0.4) is 0 Å². The molecule has 3 heterocycles. The molecule has 2 aliphatic rings. The SMILES string of the molecule is Cc1cc(C)c2cc(CN(Cc3nnnn3C3CCCCC3)C[C@@H]3CCCO3)c(=O)[nH]c2c1. The molecule has 1 aromatic carbocycles. The first-order chi connectivity index (χ1) is 16.1. The number of nitrogens with one attached hydrogen (secondary N) is 1. The zero-order valence-corrected chi connectivity index (χ0v) is 19.7. The van der Waals surface area contributed by atoms with E-state index in [0.29, 0.717) is 19.1 Å². The van der Waals surface area contributed by atoms with Gasteiger partial charge in [0.25, 0.3) is 5.56 Å². The summed E-state index contributed by atoms with van der Waals surface area (Å²) in [7, 11) is 0. The van der Waals surface area contributed by atoms with Crippen molar-refractivity contribution < 1.29 is 4.74 Å². The average molecular weight is 451 g/mol. The standard InChI is InChI=1S/C25H34N6O2/c1-17-11-18(2)22-13-19(25(32)26-23(22)12-17)14-30(15-21-9-6-10-33-21)16-24-27-28-29-31(24)20-7-4-3-5-8-20/h11-13,20-21H,3-10,14-16H2,1-2H3,(H,26,32)/t21-/m0/s1. The Morgan fingerprint density at radius 2 is 1.94 bits per heavy atom. The lowest BCUT2D eigenvalue weighted by Gasteiger charge is -2.27. The number of aromatic nitrogens is 5. The second kappa shape index (κ2) is 9.73. The van der Waals surface area contributed by atoms with Gasteiger partial charge in [0.05, 0.1) is 18.7 Å². The van der Waals surface area contributed by atoms with Gasteiger partial charge >= 0.3 is 0 Å². The molecule has 2 aromatic heterocycles. The number of rotatable bonds is 7. The first-order valence-electron chi connectivity index (χ1n) is 12.3. The predicted octanol–water partition coefficient (Wildman–Crippen LogP) is 3.82. The van der Waals surface area contributed by atoms with E-state index in [4.69, 9.17) is 4.74 Å². The van der Waals surface area contributed by atoms with E-state index in [9.17, 15) is 4.79 Å². The summed E-state index contributed by atoms with van der Waals surface area (Å²) in [5.74, 6) is 0.879. The van der Waals surface area contributed by atoms with Gasteiger partial charge < -0.3 is 9.72 Å². The van der Waals surface area contributed by atoms with Crippen LogP contribution in [0.5, 0.6) is 0 Å². The van der Waals surface area contributed by atoms with Crippen molar-refractivity contribution in [1.82, 2.24) is 30.1 Å². The third-order valence-electron chi connectivity index (χ3n) is 7.12. The molecule has 176 valence electrons. The number of ether oxygens (including phenoxy) is 1. The second-order valence-corrected chi connectivity index (χ2v) is 9.80. The number of fused-ring (bicyclic) bond motifs is 1. The predicted molar refractivity (Wildman–Crippen MR) is 127 cm³/mol. The molecule has 0 unspecified atom stereocenters. The molecule has 1 aliphatic heterocycles. The summed E-state index contributed by atoms with van der Waals surface area (Å²) in [6, 6.07) is 6.63. The largest absolute Gasteiger partial charge is 0.377 e. The number of aryl methyl sites for hydroxylation is 2. The fourth-order valence-electron chi connectivity index (χ4n) is 5.46. The third kappa shape index (κ3) is 5.01. The molecular weight excluding hydrogens is 416 g/mol. The maximum absolute atomic E-state index is 13.0. The first kappa shape index (κ1) is 22.2. The molecule has 1 aliphatic carbocycles. The summed E-state index contributed by atoms with van der Waals surface area (Å²) in [6.45, 7) is 6.87. The Balaban J connectivity index is 1.42. The molecule has 1 atom stereocenters. The van der Waals surface area contributed by atoms with Crippen LogP contribution in [0.1, 0.15) is 73.5 Å². The van der Waals surface area contributed by atoms with Crippen molar-refractivity contribution in [3.8, 4) is 0 Å². The third-order valence-corrected chi connectivity index (χ3v) is 7.12. The Kier molecular flexibility index (Phi) is 6.55. The molecule has 1 saturated heterocycles. The summed E-state index contributed by atoms with van der Waals surface area (Å²) < 4.78 is 7.96. The summed E-state index contributed by atoms with van der Waals surface area (Å²) in [5, 5.41) is 13.8. The summed E-state index contributed by atoms with van der Waals surface area (Å²) in [5.41, 5.74) is 3.96. The van der Waals surface area contributed by atoms with Crippen LogP contribution in [-0.4, -0.2) is 49.3 Å². The molecule has 33 heavy (non-hydrogen) atoms. The molecule has 1 saturated carbocycles. The van der Waals surface area contributed by atoms with Crippen LogP contribution in [-0.2, 0) is 17.8 Å². The van der Waals surface area contributed by atoms with Crippen LogP contribution in [0, 0.1) is 13.8 Å². The van der Waals surface area contributed by atoms with Gasteiger partial charge in [-0.2, -0.15) is 0 Å².